The molecule has 2 heterocycles. The number of benzene rings is 1. The molecule has 25 heavy (non-hydrogen) atoms. The Bertz CT molecular complexity index is 804. The first-order chi connectivity index (χ1) is 12.1. The van der Waals surface area contributed by atoms with E-state index in [9.17, 15) is 9.59 Å². The molecule has 2 aromatic rings. The minimum atomic E-state index is -1.02. The van der Waals surface area contributed by atoms with E-state index in [1.54, 1.807) is 17.0 Å². The van der Waals surface area contributed by atoms with Gasteiger partial charge in [0, 0.05) is 49.4 Å². The van der Waals surface area contributed by atoms with Crippen molar-refractivity contribution in [2.75, 3.05) is 31.1 Å². The molecule has 1 aliphatic carbocycles. The number of rotatable bonds is 4. The Kier molecular flexibility index (Phi) is 3.91. The van der Waals surface area contributed by atoms with Gasteiger partial charge in [-0.2, -0.15) is 5.10 Å². The Morgan fingerprint density at radius 1 is 1.08 bits per heavy atom. The molecule has 1 saturated carbocycles. The van der Waals surface area contributed by atoms with Crippen molar-refractivity contribution in [2.24, 2.45) is 0 Å². The zero-order valence-electron chi connectivity index (χ0n) is 13.8. The standard InChI is InChI=1S/C18H20N4O3/c23-17(13-2-1-3-14(10-13)18(24)25)22-8-6-21(7-9-22)16-11-15(19-20-16)12-4-5-12/h1-3,10-12H,4-9H2,(H,19,20)(H,24,25). The molecule has 1 aliphatic heterocycles. The van der Waals surface area contributed by atoms with E-state index >= 15 is 0 Å². The highest BCUT2D eigenvalue weighted by Crippen LogP contribution is 2.39. The van der Waals surface area contributed by atoms with Crippen LogP contribution in [0.1, 0.15) is 45.2 Å². The number of aromatic amines is 1. The largest absolute Gasteiger partial charge is 0.478 e. The molecule has 0 radical (unpaired) electrons. The molecular formula is C18H20N4O3. The number of nitrogens with zero attached hydrogens (tertiary/aromatic N) is 3. The van der Waals surface area contributed by atoms with E-state index in [1.807, 2.05) is 0 Å². The summed E-state index contributed by atoms with van der Waals surface area (Å²) in [5, 5.41) is 16.6. The van der Waals surface area contributed by atoms with Crippen molar-refractivity contribution >= 4 is 17.7 Å². The summed E-state index contributed by atoms with van der Waals surface area (Å²) in [7, 11) is 0. The molecule has 2 aliphatic rings. The molecule has 0 atom stereocenters. The number of nitrogens with one attached hydrogen (secondary N) is 1. The van der Waals surface area contributed by atoms with Gasteiger partial charge in [0.2, 0.25) is 0 Å². The molecule has 7 nitrogen and oxygen atoms in total. The molecule has 1 saturated heterocycles. The number of carboxylic acid groups (broad SMARTS) is 1. The molecule has 0 bridgehead atoms. The number of amides is 1. The van der Waals surface area contributed by atoms with Crippen molar-refractivity contribution < 1.29 is 14.7 Å². The second kappa shape index (κ2) is 6.23. The van der Waals surface area contributed by atoms with Crippen LogP contribution in [0.3, 0.4) is 0 Å². The van der Waals surface area contributed by atoms with E-state index in [2.05, 4.69) is 21.2 Å². The van der Waals surface area contributed by atoms with Gasteiger partial charge >= 0.3 is 5.97 Å². The van der Waals surface area contributed by atoms with Gasteiger partial charge < -0.3 is 14.9 Å². The number of piperazine rings is 1. The van der Waals surface area contributed by atoms with Crippen LogP contribution in [0.2, 0.25) is 0 Å². The fourth-order valence-electron chi connectivity index (χ4n) is 3.20. The van der Waals surface area contributed by atoms with Gasteiger partial charge in [0.25, 0.3) is 5.91 Å². The van der Waals surface area contributed by atoms with Gasteiger partial charge in [0.1, 0.15) is 0 Å². The lowest BCUT2D eigenvalue weighted by Crippen LogP contribution is -2.49. The molecule has 7 heteroatoms. The van der Waals surface area contributed by atoms with Crippen molar-refractivity contribution in [3.8, 4) is 0 Å². The maximum atomic E-state index is 12.6. The Hall–Kier alpha value is -2.83. The first-order valence-electron chi connectivity index (χ1n) is 8.55. The van der Waals surface area contributed by atoms with Crippen LogP contribution < -0.4 is 4.90 Å². The van der Waals surface area contributed by atoms with Crippen molar-refractivity contribution in [2.45, 2.75) is 18.8 Å². The van der Waals surface area contributed by atoms with Crippen LogP contribution in [0.5, 0.6) is 0 Å². The van der Waals surface area contributed by atoms with Crippen LogP contribution >= 0.6 is 0 Å². The maximum Gasteiger partial charge on any atom is 0.335 e. The zero-order chi connectivity index (χ0) is 17.4. The van der Waals surface area contributed by atoms with Gasteiger partial charge in [0.05, 0.1) is 5.56 Å². The van der Waals surface area contributed by atoms with Gasteiger partial charge in [-0.15, -0.1) is 0 Å². The average Bonchev–Trinajstić information content (AvgIpc) is 3.38. The van der Waals surface area contributed by atoms with E-state index in [0.717, 1.165) is 18.9 Å². The normalized spacial score (nSPS) is 17.6. The van der Waals surface area contributed by atoms with Gasteiger partial charge in [-0.05, 0) is 31.0 Å². The van der Waals surface area contributed by atoms with Crippen molar-refractivity contribution in [1.29, 1.82) is 0 Å². The smallest absolute Gasteiger partial charge is 0.335 e. The van der Waals surface area contributed by atoms with Crippen molar-refractivity contribution in [3.63, 3.8) is 0 Å². The van der Waals surface area contributed by atoms with E-state index in [1.165, 1.54) is 30.7 Å². The molecule has 2 fully saturated rings. The molecule has 0 spiro atoms. The molecule has 1 aromatic heterocycles. The maximum absolute atomic E-state index is 12.6. The van der Waals surface area contributed by atoms with Gasteiger partial charge in [-0.25, -0.2) is 4.79 Å². The highest BCUT2D eigenvalue weighted by atomic mass is 16.4. The highest BCUT2D eigenvalue weighted by molar-refractivity contribution is 5.97. The Labute approximate surface area is 145 Å². The van der Waals surface area contributed by atoms with E-state index in [0.29, 0.717) is 24.6 Å². The Balaban J connectivity index is 1.39. The van der Waals surface area contributed by atoms with Crippen LogP contribution in [0.4, 0.5) is 5.82 Å². The third kappa shape index (κ3) is 3.22. The van der Waals surface area contributed by atoms with Crippen LogP contribution in [-0.4, -0.2) is 58.3 Å². The SMILES string of the molecule is O=C(O)c1cccc(C(=O)N2CCN(c3cc(C4CC4)[nH]n3)CC2)c1. The van der Waals surface area contributed by atoms with Crippen LogP contribution in [0, 0.1) is 0 Å². The molecular weight excluding hydrogens is 320 g/mol. The summed E-state index contributed by atoms with van der Waals surface area (Å²) in [5.74, 6) is 0.445. The summed E-state index contributed by atoms with van der Waals surface area (Å²) in [6, 6.07) is 8.32. The molecule has 4 rings (SSSR count). The van der Waals surface area contributed by atoms with E-state index in [-0.39, 0.29) is 11.5 Å². The summed E-state index contributed by atoms with van der Waals surface area (Å²) >= 11 is 0. The Morgan fingerprint density at radius 3 is 2.48 bits per heavy atom. The molecule has 1 aromatic carbocycles. The number of carboxylic acids is 1. The molecule has 2 N–H and O–H groups in total. The number of carbonyl (C=O) groups excluding carboxylic acids is 1. The van der Waals surface area contributed by atoms with Crippen LogP contribution in [0.15, 0.2) is 30.3 Å². The number of hydrogen-bond acceptors (Lipinski definition) is 4. The van der Waals surface area contributed by atoms with Gasteiger partial charge in [-0.3, -0.25) is 9.89 Å². The summed E-state index contributed by atoms with van der Waals surface area (Å²) in [6.45, 7) is 2.64. The summed E-state index contributed by atoms with van der Waals surface area (Å²) in [4.78, 5) is 27.6. The Morgan fingerprint density at radius 2 is 1.80 bits per heavy atom. The van der Waals surface area contributed by atoms with Crippen LogP contribution in [-0.2, 0) is 0 Å². The predicted octanol–water partition coefficient (Wildman–Crippen LogP) is 1.95. The predicted molar refractivity (Wildman–Crippen MR) is 92.1 cm³/mol. The summed E-state index contributed by atoms with van der Waals surface area (Å²) < 4.78 is 0. The quantitative estimate of drug-likeness (QED) is 0.888. The second-order valence-electron chi connectivity index (χ2n) is 6.62. The van der Waals surface area contributed by atoms with Gasteiger partial charge in [-0.1, -0.05) is 6.07 Å². The fourth-order valence-corrected chi connectivity index (χ4v) is 3.20. The molecule has 130 valence electrons. The zero-order valence-corrected chi connectivity index (χ0v) is 13.8. The van der Waals surface area contributed by atoms with E-state index < -0.39 is 5.97 Å². The van der Waals surface area contributed by atoms with E-state index in [4.69, 9.17) is 5.11 Å². The third-order valence-electron chi connectivity index (χ3n) is 4.85. The monoisotopic (exact) mass is 340 g/mol. The van der Waals surface area contributed by atoms with Crippen LogP contribution in [0.25, 0.3) is 0 Å². The minimum absolute atomic E-state index is 0.122. The third-order valence-corrected chi connectivity index (χ3v) is 4.85. The lowest BCUT2D eigenvalue weighted by Gasteiger charge is -2.34. The average molecular weight is 340 g/mol. The minimum Gasteiger partial charge on any atom is -0.478 e. The highest BCUT2D eigenvalue weighted by Gasteiger charge is 2.28. The molecule has 1 amide bonds. The lowest BCUT2D eigenvalue weighted by atomic mass is 10.1. The van der Waals surface area contributed by atoms with Crippen molar-refractivity contribution in [3.05, 3.63) is 47.2 Å². The number of aromatic nitrogens is 2. The number of hydrogen-bond donors (Lipinski definition) is 2. The lowest BCUT2D eigenvalue weighted by molar-refractivity contribution is 0.0697. The number of aromatic carboxylic acids is 1. The summed E-state index contributed by atoms with van der Waals surface area (Å²) in [6.07, 6.45) is 2.47. The number of H-pyrrole nitrogens is 1. The fraction of sp³-hybridized carbons (Fsp3) is 0.389. The van der Waals surface area contributed by atoms with Crippen molar-refractivity contribution in [1.82, 2.24) is 15.1 Å². The number of anilines is 1. The second-order valence-corrected chi connectivity index (χ2v) is 6.62. The number of carbonyl (C=O) groups is 2. The van der Waals surface area contributed by atoms with Gasteiger partial charge in [0.15, 0.2) is 5.82 Å². The first-order valence-corrected chi connectivity index (χ1v) is 8.55. The topological polar surface area (TPSA) is 89.5 Å². The first kappa shape index (κ1) is 15.7. The molecule has 0 unspecified atom stereocenters. The summed E-state index contributed by atoms with van der Waals surface area (Å²) in [5.41, 5.74) is 1.76.